The fourth-order valence-electron chi connectivity index (χ4n) is 5.70. The largest absolute Gasteiger partial charge is 0.465 e. The Balaban J connectivity index is 1.36. The van der Waals surface area contributed by atoms with E-state index in [1.165, 1.54) is 0 Å². The molecule has 1 saturated heterocycles. The van der Waals surface area contributed by atoms with Crippen molar-refractivity contribution in [1.82, 2.24) is 10.4 Å². The lowest BCUT2D eigenvalue weighted by molar-refractivity contribution is -0.186. The summed E-state index contributed by atoms with van der Waals surface area (Å²) in [6, 6.07) is 23.2. The molecule has 2 N–H and O–H groups in total. The van der Waals surface area contributed by atoms with Gasteiger partial charge in [-0.05, 0) is 58.7 Å². The molecule has 2 aliphatic rings. The van der Waals surface area contributed by atoms with Crippen molar-refractivity contribution in [3.8, 4) is 11.1 Å². The van der Waals surface area contributed by atoms with Crippen LogP contribution in [0.25, 0.3) is 11.1 Å². The normalized spacial score (nSPS) is 17.5. The number of carbonyl (C=O) groups is 2. The molecular weight excluding hydrogens is 480 g/mol. The highest BCUT2D eigenvalue weighted by atomic mass is 16.8. The molecule has 38 heavy (non-hydrogen) atoms. The van der Waals surface area contributed by atoms with E-state index in [-0.39, 0.29) is 23.8 Å². The third-order valence-electron chi connectivity index (χ3n) is 7.49. The number of nitrogens with one attached hydrogen (secondary N) is 1. The Morgan fingerprint density at radius 2 is 1.61 bits per heavy atom. The molecule has 1 unspecified atom stereocenters. The number of ether oxygens (including phenoxy) is 1. The van der Waals surface area contributed by atoms with E-state index in [0.29, 0.717) is 18.7 Å². The van der Waals surface area contributed by atoms with Gasteiger partial charge in [0.1, 0.15) is 0 Å². The minimum absolute atomic E-state index is 0.0180. The number of carbonyl (C=O) groups excluding carboxylic acids is 1. The number of rotatable bonds is 8. The van der Waals surface area contributed by atoms with Crippen LogP contribution in [0.5, 0.6) is 0 Å². The molecule has 1 fully saturated rings. The van der Waals surface area contributed by atoms with E-state index in [0.717, 1.165) is 47.1 Å². The number of hydrogen-bond donors (Lipinski definition) is 2. The van der Waals surface area contributed by atoms with Crippen LogP contribution in [0.4, 0.5) is 4.79 Å². The lowest BCUT2D eigenvalue weighted by Gasteiger charge is -2.35. The number of hydroxylamine groups is 1. The van der Waals surface area contributed by atoms with E-state index in [4.69, 9.17) is 9.57 Å². The van der Waals surface area contributed by atoms with Crippen molar-refractivity contribution in [2.24, 2.45) is 5.92 Å². The average Bonchev–Trinajstić information content (AvgIpc) is 3.25. The summed E-state index contributed by atoms with van der Waals surface area (Å²) in [5.41, 5.74) is 8.38. The second-order valence-electron chi connectivity index (χ2n) is 10.3. The Hall–Kier alpha value is -3.68. The summed E-state index contributed by atoms with van der Waals surface area (Å²) in [5.74, 6) is -0.394. The highest BCUT2D eigenvalue weighted by Crippen LogP contribution is 2.46. The predicted octanol–water partition coefficient (Wildman–Crippen LogP) is 6.36. The second kappa shape index (κ2) is 11.4. The monoisotopic (exact) mass is 514 g/mol. The van der Waals surface area contributed by atoms with Gasteiger partial charge >= 0.3 is 6.09 Å². The summed E-state index contributed by atoms with van der Waals surface area (Å²) < 4.78 is 5.49. The topological polar surface area (TPSA) is 88.1 Å². The Labute approximate surface area is 223 Å². The van der Waals surface area contributed by atoms with Gasteiger partial charge in [0.25, 0.3) is 5.91 Å². The van der Waals surface area contributed by atoms with Crippen LogP contribution >= 0.6 is 0 Å². The molecule has 198 valence electrons. The number of hydrogen-bond acceptors (Lipinski definition) is 4. The van der Waals surface area contributed by atoms with Crippen molar-refractivity contribution >= 4 is 12.0 Å². The molecule has 5 rings (SSSR count). The standard InChI is InChI=1S/C31H34N2O5/c1-20(2)29(21-14-16-22(17-15-21)30(34)32-38-28-13-7-8-18-37-28)33(31(35)36)19-27-25-11-5-3-9-23(25)24-10-4-6-12-26(24)27/h3-6,9-12,14-17,20,27-29H,7-8,13,18-19H2,1-2H3,(H,32,34)(H,35,36)/t28?,29-/m1/s1. The summed E-state index contributed by atoms with van der Waals surface area (Å²) in [7, 11) is 0. The Morgan fingerprint density at radius 3 is 2.16 bits per heavy atom. The third kappa shape index (κ3) is 5.30. The van der Waals surface area contributed by atoms with Gasteiger partial charge in [0, 0.05) is 31.1 Å². The van der Waals surface area contributed by atoms with E-state index in [1.807, 2.05) is 50.2 Å². The summed E-state index contributed by atoms with van der Waals surface area (Å²) >= 11 is 0. The molecule has 1 aliphatic carbocycles. The molecule has 7 heteroatoms. The summed E-state index contributed by atoms with van der Waals surface area (Å²) in [6.07, 6.45) is 1.36. The molecule has 3 aromatic rings. The van der Waals surface area contributed by atoms with Gasteiger partial charge < -0.3 is 14.7 Å². The minimum atomic E-state index is -0.965. The first-order valence-corrected chi connectivity index (χ1v) is 13.3. The van der Waals surface area contributed by atoms with Crippen LogP contribution in [0, 0.1) is 5.92 Å². The molecule has 0 saturated carbocycles. The fourth-order valence-corrected chi connectivity index (χ4v) is 5.70. The van der Waals surface area contributed by atoms with Crippen molar-refractivity contribution in [3.63, 3.8) is 0 Å². The van der Waals surface area contributed by atoms with Crippen LogP contribution in [0.3, 0.4) is 0 Å². The Bertz CT molecular complexity index is 1240. The lowest BCUT2D eigenvalue weighted by atomic mass is 9.90. The molecular formula is C31H34N2O5. The fraction of sp³-hybridized carbons (Fsp3) is 0.355. The summed E-state index contributed by atoms with van der Waals surface area (Å²) in [6.45, 7) is 5.01. The number of benzene rings is 3. The highest BCUT2D eigenvalue weighted by Gasteiger charge is 2.35. The molecule has 0 radical (unpaired) electrons. The zero-order chi connectivity index (χ0) is 26.6. The molecule has 0 aromatic heterocycles. The Morgan fingerprint density at radius 1 is 0.974 bits per heavy atom. The quantitative estimate of drug-likeness (QED) is 0.341. The van der Waals surface area contributed by atoms with Crippen molar-refractivity contribution in [2.75, 3.05) is 13.2 Å². The maximum atomic E-state index is 12.7. The smallest absolute Gasteiger partial charge is 0.407 e. The number of amides is 2. The van der Waals surface area contributed by atoms with E-state index in [2.05, 4.69) is 29.7 Å². The zero-order valence-corrected chi connectivity index (χ0v) is 21.8. The van der Waals surface area contributed by atoms with Crippen LogP contribution in [0.2, 0.25) is 0 Å². The van der Waals surface area contributed by atoms with E-state index in [1.54, 1.807) is 17.0 Å². The van der Waals surface area contributed by atoms with Crippen LogP contribution in [-0.2, 0) is 9.57 Å². The van der Waals surface area contributed by atoms with Gasteiger partial charge in [0.15, 0.2) is 6.29 Å². The first-order valence-electron chi connectivity index (χ1n) is 13.3. The minimum Gasteiger partial charge on any atom is -0.465 e. The van der Waals surface area contributed by atoms with Crippen LogP contribution in [0.1, 0.15) is 72.1 Å². The van der Waals surface area contributed by atoms with Gasteiger partial charge in [0.2, 0.25) is 0 Å². The van der Waals surface area contributed by atoms with E-state index >= 15 is 0 Å². The van der Waals surface area contributed by atoms with Crippen LogP contribution < -0.4 is 5.48 Å². The van der Waals surface area contributed by atoms with Crippen molar-refractivity contribution in [2.45, 2.75) is 51.4 Å². The van der Waals surface area contributed by atoms with Gasteiger partial charge in [-0.2, -0.15) is 0 Å². The highest BCUT2D eigenvalue weighted by molar-refractivity contribution is 5.93. The van der Waals surface area contributed by atoms with Crippen LogP contribution in [-0.4, -0.2) is 41.4 Å². The van der Waals surface area contributed by atoms with Crippen molar-refractivity contribution in [1.29, 1.82) is 0 Å². The zero-order valence-electron chi connectivity index (χ0n) is 21.8. The molecule has 7 nitrogen and oxygen atoms in total. The maximum absolute atomic E-state index is 12.7. The maximum Gasteiger partial charge on any atom is 0.407 e. The first kappa shape index (κ1) is 25.9. The summed E-state index contributed by atoms with van der Waals surface area (Å²) in [4.78, 5) is 32.2. The first-order chi connectivity index (χ1) is 18.4. The van der Waals surface area contributed by atoms with Crippen LogP contribution in [0.15, 0.2) is 72.8 Å². The van der Waals surface area contributed by atoms with E-state index in [9.17, 15) is 14.7 Å². The molecule has 0 bridgehead atoms. The van der Waals surface area contributed by atoms with Gasteiger partial charge in [0.05, 0.1) is 6.04 Å². The number of nitrogens with zero attached hydrogens (tertiary/aromatic N) is 1. The molecule has 2 atom stereocenters. The van der Waals surface area contributed by atoms with E-state index < -0.39 is 12.4 Å². The van der Waals surface area contributed by atoms with Gasteiger partial charge in [-0.1, -0.05) is 74.5 Å². The average molecular weight is 515 g/mol. The molecule has 0 spiro atoms. The van der Waals surface area contributed by atoms with Crippen molar-refractivity contribution < 1.29 is 24.3 Å². The molecule has 1 aliphatic heterocycles. The van der Waals surface area contributed by atoms with Crippen molar-refractivity contribution in [3.05, 3.63) is 95.1 Å². The molecule has 1 heterocycles. The summed E-state index contributed by atoms with van der Waals surface area (Å²) in [5, 5.41) is 10.4. The lowest BCUT2D eigenvalue weighted by Crippen LogP contribution is -2.39. The third-order valence-corrected chi connectivity index (χ3v) is 7.49. The number of carboxylic acid groups (broad SMARTS) is 1. The van der Waals surface area contributed by atoms with Gasteiger partial charge in [-0.15, -0.1) is 0 Å². The molecule has 2 amide bonds. The molecule has 3 aromatic carbocycles. The SMILES string of the molecule is CC(C)[C@H](c1ccc(C(=O)NOC2CCCCO2)cc1)N(CC1c2ccccc2-c2ccccc21)C(=O)O. The Kier molecular flexibility index (Phi) is 7.77. The predicted molar refractivity (Wildman–Crippen MR) is 145 cm³/mol. The number of fused-ring (bicyclic) bond motifs is 3. The van der Waals surface area contributed by atoms with Gasteiger partial charge in [-0.25, -0.2) is 15.1 Å². The van der Waals surface area contributed by atoms with Gasteiger partial charge in [-0.3, -0.25) is 4.79 Å². The second-order valence-corrected chi connectivity index (χ2v) is 10.3.